The van der Waals surface area contributed by atoms with Crippen LogP contribution in [0.2, 0.25) is 0 Å². The molecule has 30 heavy (non-hydrogen) atoms. The number of rotatable bonds is 12. The van der Waals surface area contributed by atoms with Crippen LogP contribution in [0.1, 0.15) is 24.5 Å². The fourth-order valence-electron chi connectivity index (χ4n) is 2.93. The normalized spacial score (nSPS) is 10.6. The first kappa shape index (κ1) is 21.6. The molecule has 158 valence electrons. The van der Waals surface area contributed by atoms with Crippen LogP contribution in [-0.4, -0.2) is 24.7 Å². The summed E-state index contributed by atoms with van der Waals surface area (Å²) < 4.78 is 31.2. The van der Waals surface area contributed by atoms with E-state index in [1.165, 1.54) is 6.07 Å². The molecule has 0 aliphatic rings. The van der Waals surface area contributed by atoms with Crippen molar-refractivity contribution in [1.29, 1.82) is 0 Å². The second kappa shape index (κ2) is 11.8. The second-order valence-electron chi connectivity index (χ2n) is 6.60. The third-order valence-electron chi connectivity index (χ3n) is 4.39. The highest BCUT2D eigenvalue weighted by Gasteiger charge is 2.12. The van der Waals surface area contributed by atoms with Crippen molar-refractivity contribution in [2.24, 2.45) is 0 Å². The number of nitrogens with one attached hydrogen (secondary N) is 1. The van der Waals surface area contributed by atoms with Gasteiger partial charge in [-0.05, 0) is 38.1 Å². The molecule has 0 saturated heterocycles. The van der Waals surface area contributed by atoms with Crippen LogP contribution in [0.3, 0.4) is 0 Å². The molecule has 0 amide bonds. The van der Waals surface area contributed by atoms with Gasteiger partial charge in [0.05, 0.1) is 13.2 Å². The van der Waals surface area contributed by atoms with E-state index < -0.39 is 0 Å². The highest BCUT2D eigenvalue weighted by molar-refractivity contribution is 5.46. The largest absolute Gasteiger partial charge is 0.490 e. The fraction of sp³-hybridized carbons (Fsp3) is 0.292. The van der Waals surface area contributed by atoms with Crippen molar-refractivity contribution in [1.82, 2.24) is 10.3 Å². The van der Waals surface area contributed by atoms with Gasteiger partial charge in [-0.1, -0.05) is 36.4 Å². The van der Waals surface area contributed by atoms with Gasteiger partial charge in [-0.25, -0.2) is 9.37 Å². The van der Waals surface area contributed by atoms with Crippen LogP contribution in [0, 0.1) is 5.82 Å². The van der Waals surface area contributed by atoms with Crippen LogP contribution in [0.25, 0.3) is 0 Å². The third-order valence-corrected chi connectivity index (χ3v) is 4.39. The minimum atomic E-state index is -0.279. The molecule has 1 N–H and O–H groups in total. The van der Waals surface area contributed by atoms with E-state index in [1.54, 1.807) is 24.4 Å². The molecule has 0 bridgehead atoms. The van der Waals surface area contributed by atoms with Gasteiger partial charge in [0.2, 0.25) is 5.88 Å². The Balaban J connectivity index is 1.54. The predicted octanol–water partition coefficient (Wildman–Crippen LogP) is 4.76. The first-order valence-corrected chi connectivity index (χ1v) is 10.1. The Morgan fingerprint density at radius 2 is 1.73 bits per heavy atom. The molecule has 0 aliphatic carbocycles. The molecule has 6 heteroatoms. The average molecular weight is 410 g/mol. The van der Waals surface area contributed by atoms with Crippen molar-refractivity contribution in [3.05, 3.63) is 83.8 Å². The molecule has 0 unspecified atom stereocenters. The lowest BCUT2D eigenvalue weighted by molar-refractivity contribution is 0.262. The number of pyridine rings is 1. The first-order valence-electron chi connectivity index (χ1n) is 10.1. The number of halogens is 1. The van der Waals surface area contributed by atoms with Crippen molar-refractivity contribution >= 4 is 0 Å². The van der Waals surface area contributed by atoms with Crippen LogP contribution in [0.5, 0.6) is 17.4 Å². The molecule has 2 aromatic carbocycles. The van der Waals surface area contributed by atoms with Crippen molar-refractivity contribution in [2.45, 2.75) is 26.5 Å². The van der Waals surface area contributed by atoms with Gasteiger partial charge in [-0.3, -0.25) is 0 Å². The molecular weight excluding hydrogens is 383 g/mol. The highest BCUT2D eigenvalue weighted by Crippen LogP contribution is 2.32. The number of hydrogen-bond acceptors (Lipinski definition) is 5. The highest BCUT2D eigenvalue weighted by atomic mass is 19.1. The third kappa shape index (κ3) is 6.46. The molecule has 0 radical (unpaired) electrons. The summed E-state index contributed by atoms with van der Waals surface area (Å²) in [5.74, 6) is 1.65. The van der Waals surface area contributed by atoms with Crippen LogP contribution in [-0.2, 0) is 13.2 Å². The number of nitrogens with zero attached hydrogens (tertiary/aromatic N) is 1. The van der Waals surface area contributed by atoms with Crippen LogP contribution in [0.4, 0.5) is 4.39 Å². The van der Waals surface area contributed by atoms with E-state index in [9.17, 15) is 4.39 Å². The fourth-order valence-corrected chi connectivity index (χ4v) is 2.93. The van der Waals surface area contributed by atoms with E-state index >= 15 is 0 Å². The summed E-state index contributed by atoms with van der Waals surface area (Å²) in [4.78, 5) is 4.13. The quantitative estimate of drug-likeness (QED) is 0.437. The van der Waals surface area contributed by atoms with Gasteiger partial charge in [0.25, 0.3) is 0 Å². The predicted molar refractivity (Wildman–Crippen MR) is 114 cm³/mol. The summed E-state index contributed by atoms with van der Waals surface area (Å²) >= 11 is 0. The molecule has 0 atom stereocenters. The zero-order chi connectivity index (χ0) is 21.0. The van der Waals surface area contributed by atoms with Crippen LogP contribution >= 0.6 is 0 Å². The number of benzene rings is 2. The maximum Gasteiger partial charge on any atom is 0.213 e. The minimum absolute atomic E-state index is 0.141. The van der Waals surface area contributed by atoms with E-state index in [4.69, 9.17) is 14.2 Å². The number of para-hydroxylation sites is 1. The Labute approximate surface area is 176 Å². The zero-order valence-corrected chi connectivity index (χ0v) is 17.1. The number of hydrogen-bond donors (Lipinski definition) is 1. The SMILES string of the molecule is CCOc1cccc(CNCCCOc2ccccn2)c1OCc1ccccc1F. The van der Waals surface area contributed by atoms with E-state index in [0.717, 1.165) is 18.5 Å². The summed E-state index contributed by atoms with van der Waals surface area (Å²) in [6, 6.07) is 18.0. The summed E-state index contributed by atoms with van der Waals surface area (Å²) in [6.45, 7) is 4.56. The zero-order valence-electron chi connectivity index (χ0n) is 17.1. The summed E-state index contributed by atoms with van der Waals surface area (Å²) in [5.41, 5.74) is 1.47. The van der Waals surface area contributed by atoms with Crippen molar-refractivity contribution in [3.63, 3.8) is 0 Å². The van der Waals surface area contributed by atoms with E-state index in [2.05, 4.69) is 10.3 Å². The first-order chi connectivity index (χ1) is 14.8. The smallest absolute Gasteiger partial charge is 0.213 e. The molecule has 1 heterocycles. The molecular formula is C24H27FN2O3. The van der Waals surface area contributed by atoms with Gasteiger partial charge in [-0.2, -0.15) is 0 Å². The maximum absolute atomic E-state index is 13.9. The van der Waals surface area contributed by atoms with Crippen molar-refractivity contribution in [2.75, 3.05) is 19.8 Å². The Hall–Kier alpha value is -3.12. The van der Waals surface area contributed by atoms with Crippen LogP contribution in [0.15, 0.2) is 66.9 Å². The Bertz CT molecular complexity index is 906. The lowest BCUT2D eigenvalue weighted by atomic mass is 10.1. The van der Waals surface area contributed by atoms with Crippen LogP contribution < -0.4 is 19.5 Å². The van der Waals surface area contributed by atoms with E-state index in [0.29, 0.717) is 42.7 Å². The van der Waals surface area contributed by atoms with Gasteiger partial charge in [-0.15, -0.1) is 0 Å². The summed E-state index contributed by atoms with van der Waals surface area (Å²) in [5, 5.41) is 3.40. The number of ether oxygens (including phenoxy) is 3. The maximum atomic E-state index is 13.9. The van der Waals surface area contributed by atoms with Gasteiger partial charge < -0.3 is 19.5 Å². The van der Waals surface area contributed by atoms with Crippen molar-refractivity contribution in [3.8, 4) is 17.4 Å². The van der Waals surface area contributed by atoms with E-state index in [-0.39, 0.29) is 12.4 Å². The Morgan fingerprint density at radius 3 is 2.53 bits per heavy atom. The lowest BCUT2D eigenvalue weighted by Gasteiger charge is -2.17. The molecule has 5 nitrogen and oxygen atoms in total. The Kier molecular flexibility index (Phi) is 8.47. The monoisotopic (exact) mass is 410 g/mol. The van der Waals surface area contributed by atoms with Gasteiger partial charge in [0.15, 0.2) is 11.5 Å². The van der Waals surface area contributed by atoms with Gasteiger partial charge >= 0.3 is 0 Å². The molecule has 3 aromatic rings. The van der Waals surface area contributed by atoms with Crippen molar-refractivity contribution < 1.29 is 18.6 Å². The summed E-state index contributed by atoms with van der Waals surface area (Å²) in [7, 11) is 0. The molecule has 1 aromatic heterocycles. The number of aromatic nitrogens is 1. The van der Waals surface area contributed by atoms with Gasteiger partial charge in [0, 0.05) is 29.9 Å². The standard InChI is InChI=1S/C24H27FN2O3/c1-2-28-22-12-7-10-19(24(22)30-18-20-9-3-4-11-21(20)25)17-26-14-8-16-29-23-13-5-6-15-27-23/h3-7,9-13,15,26H,2,8,14,16-18H2,1H3. The molecule has 0 aliphatic heterocycles. The Morgan fingerprint density at radius 1 is 0.900 bits per heavy atom. The summed E-state index contributed by atoms with van der Waals surface area (Å²) in [6.07, 6.45) is 2.55. The molecule has 0 saturated carbocycles. The van der Waals surface area contributed by atoms with E-state index in [1.807, 2.05) is 43.3 Å². The average Bonchev–Trinajstić information content (AvgIpc) is 2.77. The molecule has 3 rings (SSSR count). The lowest BCUT2D eigenvalue weighted by Crippen LogP contribution is -2.18. The second-order valence-corrected chi connectivity index (χ2v) is 6.60. The van der Waals surface area contributed by atoms with Gasteiger partial charge in [0.1, 0.15) is 12.4 Å². The molecule has 0 fully saturated rings. The molecule has 0 spiro atoms. The topological polar surface area (TPSA) is 52.6 Å². The minimum Gasteiger partial charge on any atom is -0.490 e.